The van der Waals surface area contributed by atoms with E-state index in [4.69, 9.17) is 11.6 Å². The van der Waals surface area contributed by atoms with Crippen LogP contribution < -0.4 is 4.90 Å². The number of aromatic nitrogens is 1. The molecule has 1 amide bonds. The van der Waals surface area contributed by atoms with Crippen molar-refractivity contribution in [3.63, 3.8) is 0 Å². The molecule has 6 aromatic rings. The van der Waals surface area contributed by atoms with Crippen molar-refractivity contribution in [3.05, 3.63) is 135 Å². The fourth-order valence-electron chi connectivity index (χ4n) is 7.87. The predicted molar refractivity (Wildman–Crippen MR) is 183 cm³/mol. The van der Waals surface area contributed by atoms with Crippen molar-refractivity contribution in [3.8, 4) is 11.1 Å². The Bertz CT molecular complexity index is 2070. The van der Waals surface area contributed by atoms with Gasteiger partial charge in [-0.2, -0.15) is 0 Å². The quantitative estimate of drug-likeness (QED) is 0.186. The number of carbonyl (C=O) groups excluding carboxylic acids is 1. The van der Waals surface area contributed by atoms with E-state index in [0.29, 0.717) is 11.6 Å². The van der Waals surface area contributed by atoms with Crippen molar-refractivity contribution in [2.24, 2.45) is 7.05 Å². The highest BCUT2D eigenvalue weighted by molar-refractivity contribution is 6.31. The Morgan fingerprint density at radius 1 is 0.818 bits per heavy atom. The lowest BCUT2D eigenvalue weighted by Gasteiger charge is -2.25. The van der Waals surface area contributed by atoms with Gasteiger partial charge in [0.15, 0.2) is 0 Å². The molecular weight excluding hydrogens is 560 g/mol. The maximum absolute atomic E-state index is 15.0. The molecule has 0 bridgehead atoms. The van der Waals surface area contributed by atoms with Crippen LogP contribution in [0.1, 0.15) is 58.6 Å². The van der Waals surface area contributed by atoms with E-state index in [2.05, 4.69) is 79.2 Å². The van der Waals surface area contributed by atoms with E-state index in [1.54, 1.807) is 0 Å². The highest BCUT2D eigenvalue weighted by Gasteiger charge is 2.42. The van der Waals surface area contributed by atoms with Crippen LogP contribution in [0.5, 0.6) is 0 Å². The van der Waals surface area contributed by atoms with E-state index in [0.717, 1.165) is 48.1 Å². The number of aryl methyl sites for hydroxylation is 3. The summed E-state index contributed by atoms with van der Waals surface area (Å²) in [5, 5.41) is 3.32. The highest BCUT2D eigenvalue weighted by atomic mass is 35.5. The number of benzene rings is 5. The van der Waals surface area contributed by atoms with Crippen molar-refractivity contribution < 1.29 is 4.79 Å². The second kappa shape index (κ2) is 10.7. The Morgan fingerprint density at radius 3 is 2.34 bits per heavy atom. The van der Waals surface area contributed by atoms with Gasteiger partial charge in [0, 0.05) is 39.6 Å². The molecule has 2 heterocycles. The van der Waals surface area contributed by atoms with Gasteiger partial charge >= 0.3 is 0 Å². The SMILES string of the molecule is Cc1ccc(-c2c([C@@H]3C(=O)N(Cc4ccccc4)c4ccc(Cl)cc43)c3c(c4c5ccccc5n(C)c24)CCCCC3)cc1. The minimum absolute atomic E-state index is 0.129. The second-order valence-corrected chi connectivity index (χ2v) is 13.0. The minimum atomic E-state index is -0.432. The van der Waals surface area contributed by atoms with Crippen molar-refractivity contribution >= 4 is 45.0 Å². The Hall–Kier alpha value is -4.34. The number of anilines is 1. The number of nitrogens with zero attached hydrogens (tertiary/aromatic N) is 2. The fourth-order valence-corrected chi connectivity index (χ4v) is 8.05. The molecule has 44 heavy (non-hydrogen) atoms. The molecule has 0 fully saturated rings. The second-order valence-electron chi connectivity index (χ2n) is 12.5. The van der Waals surface area contributed by atoms with Crippen LogP contribution in [0.25, 0.3) is 32.9 Å². The van der Waals surface area contributed by atoms with Gasteiger partial charge in [-0.15, -0.1) is 0 Å². The fraction of sp³-hybridized carbons (Fsp3) is 0.225. The van der Waals surface area contributed by atoms with Gasteiger partial charge < -0.3 is 9.47 Å². The van der Waals surface area contributed by atoms with Crippen molar-refractivity contribution in [2.45, 2.75) is 51.5 Å². The number of halogens is 1. The van der Waals surface area contributed by atoms with Gasteiger partial charge in [-0.05, 0) is 90.3 Å². The van der Waals surface area contributed by atoms with Gasteiger partial charge in [0.2, 0.25) is 5.91 Å². The number of amides is 1. The van der Waals surface area contributed by atoms with E-state index in [1.165, 1.54) is 56.0 Å². The standard InChI is InChI=1S/C40H35ClN2O/c1-25-17-19-27(20-18-25)35-37(30-14-8-4-7-13-29(30)36-31-15-9-10-16-33(31)42(2)39(35)36)38-32-23-28(41)21-22-34(32)43(40(38)44)24-26-11-5-3-6-12-26/h3,5-6,9-12,15-23,38H,4,7-8,13-14,24H2,1-2H3/t38-/m1/s1. The van der Waals surface area contributed by atoms with Gasteiger partial charge in [-0.25, -0.2) is 0 Å². The van der Waals surface area contributed by atoms with E-state index in [-0.39, 0.29) is 5.91 Å². The van der Waals surface area contributed by atoms with E-state index in [9.17, 15) is 4.79 Å². The summed E-state index contributed by atoms with van der Waals surface area (Å²) >= 11 is 6.72. The molecule has 1 atom stereocenters. The first-order chi connectivity index (χ1) is 21.5. The third-order valence-corrected chi connectivity index (χ3v) is 10.1. The molecule has 8 rings (SSSR count). The molecule has 4 heteroatoms. The largest absolute Gasteiger partial charge is 0.343 e. The van der Waals surface area contributed by atoms with Crippen LogP contribution in [0.4, 0.5) is 5.69 Å². The average molecular weight is 595 g/mol. The Kier molecular flexibility index (Phi) is 6.61. The van der Waals surface area contributed by atoms with Crippen molar-refractivity contribution in [2.75, 3.05) is 4.90 Å². The number of para-hydroxylation sites is 1. The first-order valence-electron chi connectivity index (χ1n) is 15.8. The summed E-state index contributed by atoms with van der Waals surface area (Å²) in [7, 11) is 2.19. The normalized spacial score (nSPS) is 16.4. The number of hydrogen-bond donors (Lipinski definition) is 0. The summed E-state index contributed by atoms with van der Waals surface area (Å²) in [5.41, 5.74) is 13.1. The van der Waals surface area contributed by atoms with Gasteiger partial charge in [0.1, 0.15) is 0 Å². The summed E-state index contributed by atoms with van der Waals surface area (Å²) in [6.07, 6.45) is 5.48. The van der Waals surface area contributed by atoms with Crippen LogP contribution in [-0.2, 0) is 31.2 Å². The molecule has 5 aromatic carbocycles. The van der Waals surface area contributed by atoms with Crippen LogP contribution >= 0.6 is 11.6 Å². The molecule has 3 nitrogen and oxygen atoms in total. The molecule has 0 N–H and O–H groups in total. The van der Waals surface area contributed by atoms with Gasteiger partial charge in [0.25, 0.3) is 0 Å². The molecule has 2 aliphatic rings. The van der Waals surface area contributed by atoms with E-state index in [1.807, 2.05) is 41.3 Å². The molecule has 0 unspecified atom stereocenters. The lowest BCUT2D eigenvalue weighted by molar-refractivity contribution is -0.118. The lowest BCUT2D eigenvalue weighted by Crippen LogP contribution is -2.29. The molecule has 0 saturated heterocycles. The van der Waals surface area contributed by atoms with E-state index < -0.39 is 5.92 Å². The summed E-state index contributed by atoms with van der Waals surface area (Å²) in [4.78, 5) is 16.9. The van der Waals surface area contributed by atoms with E-state index >= 15 is 0 Å². The zero-order valence-electron chi connectivity index (χ0n) is 25.2. The summed E-state index contributed by atoms with van der Waals surface area (Å²) in [6.45, 7) is 2.66. The van der Waals surface area contributed by atoms with Crippen LogP contribution in [0.2, 0.25) is 5.02 Å². The monoisotopic (exact) mass is 594 g/mol. The van der Waals surface area contributed by atoms with Crippen LogP contribution in [0.15, 0.2) is 97.1 Å². The summed E-state index contributed by atoms with van der Waals surface area (Å²) < 4.78 is 2.37. The van der Waals surface area contributed by atoms with Crippen LogP contribution in [0.3, 0.4) is 0 Å². The van der Waals surface area contributed by atoms with Crippen LogP contribution in [-0.4, -0.2) is 10.5 Å². The Labute approximate surface area is 263 Å². The smallest absolute Gasteiger partial charge is 0.239 e. The Balaban J connectivity index is 1.49. The zero-order valence-corrected chi connectivity index (χ0v) is 26.0. The molecule has 1 aliphatic heterocycles. The highest BCUT2D eigenvalue weighted by Crippen LogP contribution is 2.52. The molecule has 0 spiro atoms. The van der Waals surface area contributed by atoms with Gasteiger partial charge in [0.05, 0.1) is 18.0 Å². The molecule has 0 radical (unpaired) electrons. The molecule has 1 aromatic heterocycles. The average Bonchev–Trinajstić information content (AvgIpc) is 3.32. The Morgan fingerprint density at radius 2 is 1.55 bits per heavy atom. The summed E-state index contributed by atoms with van der Waals surface area (Å²) in [6, 6.07) is 34.0. The molecule has 218 valence electrons. The summed E-state index contributed by atoms with van der Waals surface area (Å²) in [5.74, 6) is -0.304. The van der Waals surface area contributed by atoms with Gasteiger partial charge in [-0.3, -0.25) is 4.79 Å². The zero-order chi connectivity index (χ0) is 29.9. The molecular formula is C40H35ClN2O. The van der Waals surface area contributed by atoms with Crippen molar-refractivity contribution in [1.82, 2.24) is 4.57 Å². The first kappa shape index (κ1) is 27.2. The minimum Gasteiger partial charge on any atom is -0.343 e. The molecule has 0 saturated carbocycles. The number of rotatable bonds is 4. The van der Waals surface area contributed by atoms with Crippen molar-refractivity contribution in [1.29, 1.82) is 0 Å². The number of carbonyl (C=O) groups is 1. The number of fused-ring (bicyclic) bond motifs is 6. The van der Waals surface area contributed by atoms with Crippen LogP contribution in [0, 0.1) is 6.92 Å². The van der Waals surface area contributed by atoms with Gasteiger partial charge in [-0.1, -0.05) is 96.4 Å². The molecule has 1 aliphatic carbocycles. The topological polar surface area (TPSA) is 25.2 Å². The predicted octanol–water partition coefficient (Wildman–Crippen LogP) is 9.91. The third kappa shape index (κ3) is 4.21. The maximum atomic E-state index is 15.0. The number of hydrogen-bond acceptors (Lipinski definition) is 1. The maximum Gasteiger partial charge on any atom is 0.239 e. The lowest BCUT2D eigenvalue weighted by atomic mass is 9.78. The third-order valence-electron chi connectivity index (χ3n) is 9.87. The first-order valence-corrected chi connectivity index (χ1v) is 16.2.